The van der Waals surface area contributed by atoms with E-state index in [-0.39, 0.29) is 30.2 Å². The Bertz CT molecular complexity index is 698. The topological polar surface area (TPSA) is 98.7 Å². The van der Waals surface area contributed by atoms with E-state index in [1.165, 1.54) is 10.6 Å². The Morgan fingerprint density at radius 3 is 2.65 bits per heavy atom. The minimum atomic E-state index is -0.598. The molecule has 144 valence electrons. The van der Waals surface area contributed by atoms with Crippen molar-refractivity contribution in [2.24, 2.45) is 7.05 Å². The van der Waals surface area contributed by atoms with Crippen molar-refractivity contribution in [1.82, 2.24) is 15.2 Å². The first-order valence-corrected chi connectivity index (χ1v) is 9.41. The lowest BCUT2D eigenvalue weighted by Crippen LogP contribution is -2.42. The summed E-state index contributed by atoms with van der Waals surface area (Å²) in [6.45, 7) is 1.93. The lowest BCUT2D eigenvalue weighted by atomic mass is 9.93. The third-order valence-corrected chi connectivity index (χ3v) is 4.73. The fourth-order valence-electron chi connectivity index (χ4n) is 2.77. The molecule has 0 spiro atoms. The van der Waals surface area contributed by atoms with Crippen molar-refractivity contribution in [1.29, 1.82) is 0 Å². The second-order valence-corrected chi connectivity index (χ2v) is 7.05. The lowest BCUT2D eigenvalue weighted by molar-refractivity contribution is -0.125. The van der Waals surface area contributed by atoms with Gasteiger partial charge < -0.3 is 24.7 Å². The van der Waals surface area contributed by atoms with E-state index in [1.54, 1.807) is 20.2 Å². The molecule has 9 heteroatoms. The molecule has 1 fully saturated rings. The van der Waals surface area contributed by atoms with E-state index < -0.39 is 6.09 Å². The van der Waals surface area contributed by atoms with Gasteiger partial charge in [-0.05, 0) is 48.5 Å². The number of rotatable bonds is 6. The number of carbonyl (C=O) groups is 2. The van der Waals surface area contributed by atoms with Crippen LogP contribution in [0.3, 0.4) is 0 Å². The molecule has 2 amide bonds. The number of pyridine rings is 1. The molecule has 1 aliphatic rings. The van der Waals surface area contributed by atoms with Gasteiger partial charge in [-0.3, -0.25) is 9.59 Å². The molecule has 1 aromatic heterocycles. The molecule has 0 saturated heterocycles. The zero-order valence-corrected chi connectivity index (χ0v) is 16.5. The fourth-order valence-corrected chi connectivity index (χ4v) is 3.29. The first-order valence-electron chi connectivity index (χ1n) is 8.61. The van der Waals surface area contributed by atoms with Gasteiger partial charge in [-0.25, -0.2) is 4.79 Å². The number of amides is 2. The first-order chi connectivity index (χ1) is 12.4. The van der Waals surface area contributed by atoms with Crippen molar-refractivity contribution in [2.45, 2.75) is 44.8 Å². The van der Waals surface area contributed by atoms with E-state index in [2.05, 4.69) is 26.6 Å². The highest BCUT2D eigenvalue weighted by atomic mass is 79.9. The average molecular weight is 430 g/mol. The van der Waals surface area contributed by atoms with Crippen LogP contribution in [0.1, 0.15) is 32.6 Å². The minimum absolute atomic E-state index is 0.00172. The molecule has 0 atom stereocenters. The molecule has 1 aromatic rings. The summed E-state index contributed by atoms with van der Waals surface area (Å²) in [5.41, 5.74) is -0.128. The van der Waals surface area contributed by atoms with Crippen molar-refractivity contribution in [3.05, 3.63) is 27.1 Å². The Balaban J connectivity index is 1.75. The zero-order chi connectivity index (χ0) is 19.1. The summed E-state index contributed by atoms with van der Waals surface area (Å²) in [4.78, 5) is 34.7. The van der Waals surface area contributed by atoms with Gasteiger partial charge in [0, 0.05) is 31.9 Å². The highest BCUT2D eigenvalue weighted by Gasteiger charge is 2.24. The molecule has 8 nitrogen and oxygen atoms in total. The molecule has 0 bridgehead atoms. The van der Waals surface area contributed by atoms with Crippen molar-refractivity contribution in [2.75, 3.05) is 13.2 Å². The molecule has 0 aromatic carbocycles. The Hall–Kier alpha value is -2.03. The number of alkyl carbamates (subject to hydrolysis) is 1. The zero-order valence-electron chi connectivity index (χ0n) is 14.9. The monoisotopic (exact) mass is 429 g/mol. The summed E-state index contributed by atoms with van der Waals surface area (Å²) in [7, 11) is 1.68. The average Bonchev–Trinajstić information content (AvgIpc) is 2.60. The molecule has 2 N–H and O–H groups in total. The van der Waals surface area contributed by atoms with Crippen molar-refractivity contribution >= 4 is 27.9 Å². The standard InChI is InChI=1S/C17H24BrN3O5/c1-3-19-17(24)25-10-15(22)20-11-4-6-12(7-5-11)26-14-8-16(23)21(2)9-13(14)18/h8-9,11-12H,3-7,10H2,1-2H3,(H,19,24)(H,20,22)/t11-,12-. The maximum atomic E-state index is 11.8. The van der Waals surface area contributed by atoms with E-state index in [9.17, 15) is 14.4 Å². The van der Waals surface area contributed by atoms with Crippen LogP contribution in [-0.4, -0.2) is 41.9 Å². The maximum Gasteiger partial charge on any atom is 0.407 e. The summed E-state index contributed by atoms with van der Waals surface area (Å²) in [5, 5.41) is 5.33. The SMILES string of the molecule is CCNC(=O)OCC(=O)N[C@H]1CC[C@H](Oc2cc(=O)n(C)cc2Br)CC1. The summed E-state index contributed by atoms with van der Waals surface area (Å²) in [6.07, 6.45) is 4.14. The molecule has 0 unspecified atom stereocenters. The number of carbonyl (C=O) groups excluding carboxylic acids is 2. The van der Waals surface area contributed by atoms with Crippen LogP contribution in [-0.2, 0) is 16.6 Å². The summed E-state index contributed by atoms with van der Waals surface area (Å²) in [5.74, 6) is 0.228. The number of aromatic nitrogens is 1. The normalized spacial score (nSPS) is 19.5. The predicted octanol–water partition coefficient (Wildman–Crippen LogP) is 1.70. The van der Waals surface area contributed by atoms with E-state index in [0.29, 0.717) is 12.3 Å². The van der Waals surface area contributed by atoms with Crippen molar-refractivity contribution < 1.29 is 19.1 Å². The Kier molecular flexibility index (Phi) is 7.50. The van der Waals surface area contributed by atoms with Crippen LogP contribution in [0.5, 0.6) is 5.75 Å². The largest absolute Gasteiger partial charge is 0.489 e. The second kappa shape index (κ2) is 9.61. The molecule has 1 aliphatic carbocycles. The number of hydrogen-bond donors (Lipinski definition) is 2. The Morgan fingerprint density at radius 2 is 2.00 bits per heavy atom. The molecular formula is C17H24BrN3O5. The second-order valence-electron chi connectivity index (χ2n) is 6.20. The minimum Gasteiger partial charge on any atom is -0.489 e. The summed E-state index contributed by atoms with van der Waals surface area (Å²) >= 11 is 3.40. The van der Waals surface area contributed by atoms with Gasteiger partial charge in [0.05, 0.1) is 10.6 Å². The van der Waals surface area contributed by atoms with Crippen LogP contribution in [0.4, 0.5) is 4.79 Å². The van der Waals surface area contributed by atoms with Crippen LogP contribution in [0.2, 0.25) is 0 Å². The number of aryl methyl sites for hydroxylation is 1. The maximum absolute atomic E-state index is 11.8. The molecule has 1 saturated carbocycles. The van der Waals surface area contributed by atoms with E-state index >= 15 is 0 Å². The Labute approximate surface area is 160 Å². The first kappa shape index (κ1) is 20.3. The number of hydrogen-bond acceptors (Lipinski definition) is 5. The number of halogens is 1. The van der Waals surface area contributed by atoms with Crippen molar-refractivity contribution in [3.63, 3.8) is 0 Å². The molecule has 26 heavy (non-hydrogen) atoms. The van der Waals surface area contributed by atoms with Gasteiger partial charge in [-0.15, -0.1) is 0 Å². The van der Waals surface area contributed by atoms with E-state index in [0.717, 1.165) is 30.2 Å². The molecule has 2 rings (SSSR count). The van der Waals surface area contributed by atoms with E-state index in [4.69, 9.17) is 9.47 Å². The van der Waals surface area contributed by atoms with Gasteiger partial charge in [0.15, 0.2) is 6.61 Å². The smallest absolute Gasteiger partial charge is 0.407 e. The van der Waals surface area contributed by atoms with Crippen LogP contribution < -0.4 is 20.9 Å². The van der Waals surface area contributed by atoms with Gasteiger partial charge in [-0.2, -0.15) is 0 Å². The number of ether oxygens (including phenoxy) is 2. The predicted molar refractivity (Wildman–Crippen MR) is 99.2 cm³/mol. The van der Waals surface area contributed by atoms with Gasteiger partial charge in [0.1, 0.15) is 5.75 Å². The Morgan fingerprint density at radius 1 is 1.31 bits per heavy atom. The molecular weight excluding hydrogens is 406 g/mol. The van der Waals surface area contributed by atoms with Gasteiger partial charge >= 0.3 is 6.09 Å². The van der Waals surface area contributed by atoms with Crippen LogP contribution in [0.25, 0.3) is 0 Å². The summed E-state index contributed by atoms with van der Waals surface area (Å²) in [6, 6.07) is 1.50. The third-order valence-electron chi connectivity index (χ3n) is 4.13. The molecule has 0 radical (unpaired) electrons. The molecule has 1 heterocycles. The van der Waals surface area contributed by atoms with Crippen LogP contribution >= 0.6 is 15.9 Å². The number of nitrogens with zero attached hydrogens (tertiary/aromatic N) is 1. The summed E-state index contributed by atoms with van der Waals surface area (Å²) < 4.78 is 12.9. The quantitative estimate of drug-likeness (QED) is 0.716. The van der Waals surface area contributed by atoms with Gasteiger partial charge in [0.25, 0.3) is 11.5 Å². The van der Waals surface area contributed by atoms with Gasteiger partial charge in [-0.1, -0.05) is 0 Å². The highest BCUT2D eigenvalue weighted by molar-refractivity contribution is 9.10. The van der Waals surface area contributed by atoms with Crippen LogP contribution in [0.15, 0.2) is 21.5 Å². The highest BCUT2D eigenvalue weighted by Crippen LogP contribution is 2.28. The third kappa shape index (κ3) is 6.05. The number of nitrogens with one attached hydrogen (secondary N) is 2. The molecule has 0 aliphatic heterocycles. The fraction of sp³-hybridized carbons (Fsp3) is 0.588. The van der Waals surface area contributed by atoms with E-state index in [1.807, 2.05) is 0 Å². The van der Waals surface area contributed by atoms with Gasteiger partial charge in [0.2, 0.25) is 0 Å². The lowest BCUT2D eigenvalue weighted by Gasteiger charge is -2.29. The van der Waals surface area contributed by atoms with Crippen LogP contribution in [0, 0.1) is 0 Å². The van der Waals surface area contributed by atoms with Crippen molar-refractivity contribution in [3.8, 4) is 5.75 Å².